The monoisotopic (exact) mass is 341 g/mol. The molecule has 2 saturated heterocycles. The minimum atomic E-state index is 0.260. The lowest BCUT2D eigenvalue weighted by Crippen LogP contribution is -2.52. The average Bonchev–Trinajstić information content (AvgIpc) is 3.20. The van der Waals surface area contributed by atoms with Gasteiger partial charge in [-0.15, -0.1) is 0 Å². The van der Waals surface area contributed by atoms with Crippen molar-refractivity contribution in [2.45, 2.75) is 31.7 Å². The van der Waals surface area contributed by atoms with Gasteiger partial charge in [0.2, 0.25) is 0 Å². The first-order valence-corrected chi connectivity index (χ1v) is 9.88. The highest BCUT2D eigenvalue weighted by molar-refractivity contribution is 5.95. The molecular weight excluding hydrogens is 310 g/mol. The highest BCUT2D eigenvalue weighted by Crippen LogP contribution is 2.39. The third kappa shape index (κ3) is 3.34. The number of nitrogens with one attached hydrogen (secondary N) is 1. The SMILES string of the molecule is CN(C)C1[C@@H]2CC[C@H]1CN(C(=O)c1ccccc1CC1CCNC1)C2. The maximum atomic E-state index is 13.3. The maximum absolute atomic E-state index is 13.3. The molecule has 0 radical (unpaired) electrons. The van der Waals surface area contributed by atoms with Crippen LogP contribution < -0.4 is 5.32 Å². The zero-order chi connectivity index (χ0) is 17.4. The Morgan fingerprint density at radius 3 is 2.52 bits per heavy atom. The first-order valence-electron chi connectivity index (χ1n) is 9.88. The molecule has 1 aromatic rings. The molecule has 3 aliphatic rings. The number of piperidine rings is 1. The van der Waals surface area contributed by atoms with Gasteiger partial charge in [-0.25, -0.2) is 0 Å². The van der Waals surface area contributed by atoms with Gasteiger partial charge in [-0.3, -0.25) is 4.79 Å². The van der Waals surface area contributed by atoms with Crippen molar-refractivity contribution in [2.24, 2.45) is 17.8 Å². The first-order chi connectivity index (χ1) is 12.1. The van der Waals surface area contributed by atoms with E-state index in [1.807, 2.05) is 12.1 Å². The molecule has 1 saturated carbocycles. The first kappa shape index (κ1) is 17.0. The van der Waals surface area contributed by atoms with E-state index in [0.29, 0.717) is 23.8 Å². The zero-order valence-electron chi connectivity index (χ0n) is 15.6. The Balaban J connectivity index is 1.50. The maximum Gasteiger partial charge on any atom is 0.254 e. The lowest BCUT2D eigenvalue weighted by atomic mass is 9.89. The highest BCUT2D eigenvalue weighted by atomic mass is 16.2. The number of rotatable bonds is 4. The van der Waals surface area contributed by atoms with E-state index in [2.05, 4.69) is 41.3 Å². The van der Waals surface area contributed by atoms with Gasteiger partial charge in [0.15, 0.2) is 0 Å². The van der Waals surface area contributed by atoms with Gasteiger partial charge in [-0.05, 0) is 82.3 Å². The Labute approximate surface area is 151 Å². The van der Waals surface area contributed by atoms with Crippen LogP contribution in [0, 0.1) is 17.8 Å². The lowest BCUT2D eigenvalue weighted by molar-refractivity contribution is 0.0486. The van der Waals surface area contributed by atoms with E-state index in [-0.39, 0.29) is 5.91 Å². The largest absolute Gasteiger partial charge is 0.338 e. The average molecular weight is 341 g/mol. The van der Waals surface area contributed by atoms with Crippen molar-refractivity contribution in [1.82, 2.24) is 15.1 Å². The zero-order valence-corrected chi connectivity index (χ0v) is 15.6. The summed E-state index contributed by atoms with van der Waals surface area (Å²) in [6.07, 6.45) is 4.79. The summed E-state index contributed by atoms with van der Waals surface area (Å²) in [5.74, 6) is 2.22. The number of carbonyl (C=O) groups is 1. The van der Waals surface area contributed by atoms with Gasteiger partial charge in [0.05, 0.1) is 0 Å². The van der Waals surface area contributed by atoms with Crippen molar-refractivity contribution in [3.63, 3.8) is 0 Å². The summed E-state index contributed by atoms with van der Waals surface area (Å²) in [4.78, 5) is 17.8. The fraction of sp³-hybridized carbons (Fsp3) is 0.667. The van der Waals surface area contributed by atoms with E-state index in [1.54, 1.807) is 0 Å². The van der Waals surface area contributed by atoms with Crippen LogP contribution in [0.5, 0.6) is 0 Å². The van der Waals surface area contributed by atoms with E-state index in [4.69, 9.17) is 0 Å². The molecule has 4 nitrogen and oxygen atoms in total. The predicted octanol–water partition coefficient (Wildman–Crippen LogP) is 2.25. The van der Waals surface area contributed by atoms with Crippen LogP contribution in [0.15, 0.2) is 24.3 Å². The van der Waals surface area contributed by atoms with Crippen molar-refractivity contribution in [3.8, 4) is 0 Å². The summed E-state index contributed by atoms with van der Waals surface area (Å²) in [7, 11) is 4.39. The van der Waals surface area contributed by atoms with Crippen LogP contribution in [0.4, 0.5) is 0 Å². The molecule has 2 heterocycles. The summed E-state index contributed by atoms with van der Waals surface area (Å²) in [5, 5.41) is 3.44. The second-order valence-corrected chi connectivity index (χ2v) is 8.48. The number of hydrogen-bond acceptors (Lipinski definition) is 3. The Kier molecular flexibility index (Phi) is 4.83. The molecule has 1 amide bonds. The quantitative estimate of drug-likeness (QED) is 0.912. The van der Waals surface area contributed by atoms with Crippen LogP contribution >= 0.6 is 0 Å². The van der Waals surface area contributed by atoms with Gasteiger partial charge >= 0.3 is 0 Å². The van der Waals surface area contributed by atoms with E-state index in [9.17, 15) is 4.79 Å². The third-order valence-corrected chi connectivity index (χ3v) is 6.59. The summed E-state index contributed by atoms with van der Waals surface area (Å²) < 4.78 is 0. The summed E-state index contributed by atoms with van der Waals surface area (Å²) >= 11 is 0. The predicted molar refractivity (Wildman–Crippen MR) is 101 cm³/mol. The van der Waals surface area contributed by atoms with E-state index < -0.39 is 0 Å². The van der Waals surface area contributed by atoms with Gasteiger partial charge in [0, 0.05) is 24.7 Å². The van der Waals surface area contributed by atoms with Gasteiger partial charge < -0.3 is 15.1 Å². The molecule has 1 N–H and O–H groups in total. The van der Waals surface area contributed by atoms with Crippen LogP contribution in [0.3, 0.4) is 0 Å². The number of carbonyl (C=O) groups excluding carboxylic acids is 1. The molecule has 2 bridgehead atoms. The standard InChI is InChI=1S/C21H31N3O/c1-23(2)20-17-7-8-18(20)14-24(13-17)21(25)19-6-4-3-5-16(19)11-15-9-10-22-12-15/h3-6,15,17-18,20,22H,7-14H2,1-2H3/t15?,17-,18+,20?. The summed E-state index contributed by atoms with van der Waals surface area (Å²) in [6.45, 7) is 4.05. The molecule has 3 fully saturated rings. The molecule has 1 aliphatic carbocycles. The van der Waals surface area contributed by atoms with Gasteiger partial charge in [-0.2, -0.15) is 0 Å². The van der Waals surface area contributed by atoms with Crippen molar-refractivity contribution in [2.75, 3.05) is 40.3 Å². The van der Waals surface area contributed by atoms with Gasteiger partial charge in [-0.1, -0.05) is 18.2 Å². The summed E-state index contributed by atoms with van der Waals surface area (Å²) in [6, 6.07) is 8.96. The topological polar surface area (TPSA) is 35.6 Å². The molecule has 136 valence electrons. The number of likely N-dealkylation sites (tertiary alicyclic amines) is 1. The van der Waals surface area contributed by atoms with Crippen LogP contribution in [0.25, 0.3) is 0 Å². The van der Waals surface area contributed by atoms with Crippen molar-refractivity contribution >= 4 is 5.91 Å². The molecule has 4 heteroatoms. The molecule has 25 heavy (non-hydrogen) atoms. The number of hydrogen-bond donors (Lipinski definition) is 1. The molecule has 2 unspecified atom stereocenters. The van der Waals surface area contributed by atoms with Crippen LogP contribution in [-0.4, -0.2) is 62.0 Å². The van der Waals surface area contributed by atoms with Gasteiger partial charge in [0.1, 0.15) is 0 Å². The molecule has 4 rings (SSSR count). The summed E-state index contributed by atoms with van der Waals surface area (Å²) in [5.41, 5.74) is 2.18. The third-order valence-electron chi connectivity index (χ3n) is 6.59. The van der Waals surface area contributed by atoms with Crippen molar-refractivity contribution in [3.05, 3.63) is 35.4 Å². The Bertz CT molecular complexity index is 609. The fourth-order valence-electron chi connectivity index (χ4n) is 5.48. The lowest BCUT2D eigenvalue weighted by Gasteiger charge is -2.41. The van der Waals surface area contributed by atoms with Crippen molar-refractivity contribution < 1.29 is 4.79 Å². The second kappa shape index (κ2) is 7.08. The molecule has 4 atom stereocenters. The van der Waals surface area contributed by atoms with Crippen LogP contribution in [0.1, 0.15) is 35.2 Å². The molecule has 0 spiro atoms. The minimum Gasteiger partial charge on any atom is -0.338 e. The molecular formula is C21H31N3O. The minimum absolute atomic E-state index is 0.260. The molecule has 2 aliphatic heterocycles. The Morgan fingerprint density at radius 1 is 1.16 bits per heavy atom. The van der Waals surface area contributed by atoms with Crippen LogP contribution in [0.2, 0.25) is 0 Å². The Hall–Kier alpha value is -1.39. The normalized spacial score (nSPS) is 31.7. The highest BCUT2D eigenvalue weighted by Gasteiger charge is 2.44. The number of nitrogens with zero attached hydrogens (tertiary/aromatic N) is 2. The second-order valence-electron chi connectivity index (χ2n) is 8.48. The van der Waals surface area contributed by atoms with E-state index in [0.717, 1.165) is 38.2 Å². The van der Waals surface area contributed by atoms with Gasteiger partial charge in [0.25, 0.3) is 5.91 Å². The number of fused-ring (bicyclic) bond motifs is 2. The van der Waals surface area contributed by atoms with Crippen molar-refractivity contribution in [1.29, 1.82) is 0 Å². The Morgan fingerprint density at radius 2 is 1.88 bits per heavy atom. The number of benzene rings is 1. The number of amides is 1. The smallest absolute Gasteiger partial charge is 0.254 e. The van der Waals surface area contributed by atoms with E-state index >= 15 is 0 Å². The van der Waals surface area contributed by atoms with E-state index in [1.165, 1.54) is 24.8 Å². The molecule has 0 aromatic heterocycles. The van der Waals surface area contributed by atoms with Crippen LogP contribution in [-0.2, 0) is 6.42 Å². The molecule has 1 aromatic carbocycles. The fourth-order valence-corrected chi connectivity index (χ4v) is 5.48.